The molecule has 0 unspecified atom stereocenters. The van der Waals surface area contributed by atoms with E-state index in [2.05, 4.69) is 31.1 Å². The number of halogens is 1. The van der Waals surface area contributed by atoms with E-state index < -0.39 is 0 Å². The van der Waals surface area contributed by atoms with Gasteiger partial charge in [0.25, 0.3) is 5.91 Å². The number of nitrogens with two attached hydrogens (primary N) is 1. The molecule has 1 heterocycles. The van der Waals surface area contributed by atoms with Crippen molar-refractivity contribution in [1.29, 1.82) is 0 Å². The van der Waals surface area contributed by atoms with Crippen molar-refractivity contribution in [2.75, 3.05) is 12.3 Å². The zero-order valence-corrected chi connectivity index (χ0v) is 11.1. The minimum atomic E-state index is -0.288. The molecule has 0 aliphatic heterocycles. The number of nitrogens with zero attached hydrogens (tertiary/aromatic N) is 1. The Kier molecular flexibility index (Phi) is 4.34. The fraction of sp³-hybridized carbons (Fsp3) is 0.500. The number of rotatable bonds is 4. The first kappa shape index (κ1) is 13.8. The van der Waals surface area contributed by atoms with E-state index in [0.717, 1.165) is 6.42 Å². The minimum Gasteiger partial charge on any atom is -0.384 e. The standard InChI is InChI=1S/C12H18ClN3O/c1-4-12(2,3)7-15-11(17)10-8(13)5-6-9(14)16-10/h5-6H,4,7H2,1-3H3,(H2,14,16)(H,15,17). The summed E-state index contributed by atoms with van der Waals surface area (Å²) >= 11 is 5.90. The Bertz CT molecular complexity index is 418. The summed E-state index contributed by atoms with van der Waals surface area (Å²) < 4.78 is 0. The van der Waals surface area contributed by atoms with Crippen LogP contribution in [0, 0.1) is 5.41 Å². The summed E-state index contributed by atoms with van der Waals surface area (Å²) in [6, 6.07) is 3.14. The lowest BCUT2D eigenvalue weighted by molar-refractivity contribution is 0.0931. The number of nitrogen functional groups attached to an aromatic ring is 1. The molecule has 0 aromatic carbocycles. The van der Waals surface area contributed by atoms with Crippen molar-refractivity contribution in [3.63, 3.8) is 0 Å². The first-order valence-corrected chi connectivity index (χ1v) is 5.94. The Morgan fingerprint density at radius 2 is 2.18 bits per heavy atom. The highest BCUT2D eigenvalue weighted by Crippen LogP contribution is 2.19. The van der Waals surface area contributed by atoms with Gasteiger partial charge in [0.1, 0.15) is 11.5 Å². The molecule has 1 rings (SSSR count). The Morgan fingerprint density at radius 3 is 2.76 bits per heavy atom. The molecule has 0 aliphatic rings. The maximum atomic E-state index is 11.9. The SMILES string of the molecule is CCC(C)(C)CNC(=O)c1nc(N)ccc1Cl. The van der Waals surface area contributed by atoms with Gasteiger partial charge in [-0.15, -0.1) is 0 Å². The van der Waals surface area contributed by atoms with Gasteiger partial charge in [0.15, 0.2) is 0 Å². The van der Waals surface area contributed by atoms with Crippen LogP contribution in [0.4, 0.5) is 5.82 Å². The fourth-order valence-electron chi connectivity index (χ4n) is 1.14. The van der Waals surface area contributed by atoms with Crippen LogP contribution in [0.1, 0.15) is 37.7 Å². The number of carbonyl (C=O) groups excluding carboxylic acids is 1. The fourth-order valence-corrected chi connectivity index (χ4v) is 1.34. The molecule has 3 N–H and O–H groups in total. The van der Waals surface area contributed by atoms with E-state index in [1.807, 2.05) is 0 Å². The zero-order chi connectivity index (χ0) is 13.1. The Morgan fingerprint density at radius 1 is 1.53 bits per heavy atom. The molecule has 0 bridgehead atoms. The summed E-state index contributed by atoms with van der Waals surface area (Å²) in [4.78, 5) is 15.8. The number of carbonyl (C=O) groups is 1. The van der Waals surface area contributed by atoms with E-state index in [4.69, 9.17) is 17.3 Å². The second-order valence-corrected chi connectivity index (χ2v) is 5.17. The molecule has 1 amide bonds. The molecule has 17 heavy (non-hydrogen) atoms. The summed E-state index contributed by atoms with van der Waals surface area (Å²) in [5.41, 5.74) is 5.76. The van der Waals surface area contributed by atoms with Crippen molar-refractivity contribution < 1.29 is 4.79 Å². The molecular weight excluding hydrogens is 238 g/mol. The molecule has 0 aliphatic carbocycles. The molecule has 0 saturated carbocycles. The predicted octanol–water partition coefficient (Wildman–Crippen LogP) is 2.48. The smallest absolute Gasteiger partial charge is 0.271 e. The topological polar surface area (TPSA) is 68.0 Å². The van der Waals surface area contributed by atoms with Gasteiger partial charge in [-0.1, -0.05) is 32.4 Å². The number of hydrogen-bond acceptors (Lipinski definition) is 3. The van der Waals surface area contributed by atoms with E-state index >= 15 is 0 Å². The van der Waals surface area contributed by atoms with E-state index in [9.17, 15) is 4.79 Å². The van der Waals surface area contributed by atoms with Crippen LogP contribution in [0.5, 0.6) is 0 Å². The molecule has 0 radical (unpaired) electrons. The van der Waals surface area contributed by atoms with Gasteiger partial charge in [-0.05, 0) is 24.0 Å². The number of amides is 1. The second-order valence-electron chi connectivity index (χ2n) is 4.77. The summed E-state index contributed by atoms with van der Waals surface area (Å²) in [5.74, 6) is -0.00173. The average molecular weight is 256 g/mol. The molecule has 0 saturated heterocycles. The van der Waals surface area contributed by atoms with Gasteiger partial charge in [-0.2, -0.15) is 0 Å². The lowest BCUT2D eigenvalue weighted by Gasteiger charge is -2.22. The van der Waals surface area contributed by atoms with Gasteiger partial charge in [0.2, 0.25) is 0 Å². The highest BCUT2D eigenvalue weighted by molar-refractivity contribution is 6.33. The monoisotopic (exact) mass is 255 g/mol. The summed E-state index contributed by atoms with van der Waals surface area (Å²) in [5, 5.41) is 3.13. The summed E-state index contributed by atoms with van der Waals surface area (Å²) in [6.07, 6.45) is 0.978. The lowest BCUT2D eigenvalue weighted by atomic mass is 9.90. The normalized spacial score (nSPS) is 11.3. The van der Waals surface area contributed by atoms with Crippen molar-refractivity contribution >= 4 is 23.3 Å². The van der Waals surface area contributed by atoms with Crippen LogP contribution in [0.3, 0.4) is 0 Å². The van der Waals surface area contributed by atoms with Crippen LogP contribution in [0.25, 0.3) is 0 Å². The first-order chi connectivity index (χ1) is 7.85. The third-order valence-corrected chi connectivity index (χ3v) is 3.07. The Balaban J connectivity index is 2.74. The van der Waals surface area contributed by atoms with Crippen LogP contribution in [0.15, 0.2) is 12.1 Å². The Hall–Kier alpha value is -1.29. The van der Waals surface area contributed by atoms with Crippen LogP contribution in [-0.4, -0.2) is 17.4 Å². The molecule has 1 aromatic heterocycles. The van der Waals surface area contributed by atoms with Crippen molar-refractivity contribution in [3.05, 3.63) is 22.8 Å². The third kappa shape index (κ3) is 3.89. The third-order valence-electron chi connectivity index (χ3n) is 2.77. The van der Waals surface area contributed by atoms with E-state index in [1.165, 1.54) is 0 Å². The van der Waals surface area contributed by atoms with Crippen LogP contribution in [0.2, 0.25) is 5.02 Å². The second kappa shape index (κ2) is 5.36. The number of nitrogens with one attached hydrogen (secondary N) is 1. The van der Waals surface area contributed by atoms with Crippen molar-refractivity contribution in [2.45, 2.75) is 27.2 Å². The first-order valence-electron chi connectivity index (χ1n) is 5.56. The zero-order valence-electron chi connectivity index (χ0n) is 10.4. The molecule has 5 heteroatoms. The summed E-state index contributed by atoms with van der Waals surface area (Å²) in [6.45, 7) is 6.83. The van der Waals surface area contributed by atoms with Crippen LogP contribution >= 0.6 is 11.6 Å². The van der Waals surface area contributed by atoms with Gasteiger partial charge in [0.05, 0.1) is 5.02 Å². The number of anilines is 1. The minimum absolute atomic E-state index is 0.0580. The lowest BCUT2D eigenvalue weighted by Crippen LogP contribution is -2.34. The number of hydrogen-bond donors (Lipinski definition) is 2. The highest BCUT2D eigenvalue weighted by atomic mass is 35.5. The van der Waals surface area contributed by atoms with Gasteiger partial charge in [-0.25, -0.2) is 4.98 Å². The van der Waals surface area contributed by atoms with E-state index in [0.29, 0.717) is 11.6 Å². The van der Waals surface area contributed by atoms with Gasteiger partial charge in [-0.3, -0.25) is 4.79 Å². The molecule has 0 spiro atoms. The number of pyridine rings is 1. The van der Waals surface area contributed by atoms with E-state index in [-0.39, 0.29) is 22.8 Å². The van der Waals surface area contributed by atoms with Crippen LogP contribution < -0.4 is 11.1 Å². The van der Waals surface area contributed by atoms with E-state index in [1.54, 1.807) is 12.1 Å². The quantitative estimate of drug-likeness (QED) is 0.869. The largest absolute Gasteiger partial charge is 0.384 e. The Labute approximate surface area is 107 Å². The van der Waals surface area contributed by atoms with Gasteiger partial charge >= 0.3 is 0 Å². The van der Waals surface area contributed by atoms with Crippen molar-refractivity contribution in [1.82, 2.24) is 10.3 Å². The molecule has 0 fully saturated rings. The highest BCUT2D eigenvalue weighted by Gasteiger charge is 2.18. The molecule has 4 nitrogen and oxygen atoms in total. The summed E-state index contributed by atoms with van der Waals surface area (Å²) in [7, 11) is 0. The van der Waals surface area contributed by atoms with Crippen molar-refractivity contribution in [2.24, 2.45) is 5.41 Å². The molecule has 1 aromatic rings. The maximum Gasteiger partial charge on any atom is 0.271 e. The van der Waals surface area contributed by atoms with Gasteiger partial charge in [0, 0.05) is 6.54 Å². The average Bonchev–Trinajstić information content (AvgIpc) is 2.29. The predicted molar refractivity (Wildman–Crippen MR) is 70.1 cm³/mol. The van der Waals surface area contributed by atoms with Crippen LogP contribution in [-0.2, 0) is 0 Å². The molecular formula is C12H18ClN3O. The number of aromatic nitrogens is 1. The maximum absolute atomic E-state index is 11.9. The molecule has 0 atom stereocenters. The molecule has 94 valence electrons. The van der Waals surface area contributed by atoms with Gasteiger partial charge < -0.3 is 11.1 Å². The van der Waals surface area contributed by atoms with Crippen molar-refractivity contribution in [3.8, 4) is 0 Å².